The minimum absolute atomic E-state index is 0.297. The Morgan fingerprint density at radius 1 is 1.14 bits per heavy atom. The van der Waals surface area contributed by atoms with Crippen molar-refractivity contribution in [2.75, 3.05) is 12.4 Å². The van der Waals surface area contributed by atoms with Gasteiger partial charge in [0.2, 0.25) is 0 Å². The third-order valence-corrected chi connectivity index (χ3v) is 3.59. The molecule has 0 radical (unpaired) electrons. The van der Waals surface area contributed by atoms with E-state index in [-0.39, 0.29) is 5.97 Å². The van der Waals surface area contributed by atoms with Crippen molar-refractivity contribution in [2.24, 2.45) is 0 Å². The first kappa shape index (κ1) is 15.2. The average Bonchev–Trinajstić information content (AvgIpc) is 2.54. The van der Waals surface area contributed by atoms with E-state index < -0.39 is 0 Å². The Balaban J connectivity index is 1.76. The molecule has 0 aliphatic heterocycles. The molecule has 0 spiro atoms. The van der Waals surface area contributed by atoms with E-state index in [0.29, 0.717) is 6.61 Å². The fourth-order valence-electron chi connectivity index (χ4n) is 1.65. The molecule has 108 valence electrons. The molecule has 0 fully saturated rings. The van der Waals surface area contributed by atoms with Crippen LogP contribution in [0.3, 0.4) is 0 Å². The van der Waals surface area contributed by atoms with Gasteiger partial charge in [0.1, 0.15) is 6.61 Å². The second-order valence-electron chi connectivity index (χ2n) is 4.29. The van der Waals surface area contributed by atoms with Gasteiger partial charge < -0.3 is 10.1 Å². The molecular weight excluding hydrogens is 282 g/mol. The summed E-state index contributed by atoms with van der Waals surface area (Å²) < 4.78 is 5.15. The zero-order valence-corrected chi connectivity index (χ0v) is 12.6. The third-order valence-electron chi connectivity index (χ3n) is 2.78. The highest BCUT2D eigenvalue weighted by atomic mass is 32.2. The molecule has 1 N–H and O–H groups in total. The van der Waals surface area contributed by atoms with E-state index in [1.165, 1.54) is 17.8 Å². The van der Waals surface area contributed by atoms with Crippen molar-refractivity contribution < 1.29 is 9.53 Å². The molecule has 3 nitrogen and oxygen atoms in total. The van der Waals surface area contributed by atoms with Crippen LogP contribution in [0.1, 0.15) is 5.56 Å². The Bertz CT molecular complexity index is 594. The molecule has 0 amide bonds. The SMILES string of the molecule is CNc1ccc(S/C=C/C(=O)OCc2ccccc2)cc1. The molecule has 0 bridgehead atoms. The second kappa shape index (κ2) is 8.17. The summed E-state index contributed by atoms with van der Waals surface area (Å²) in [6, 6.07) is 17.6. The van der Waals surface area contributed by atoms with E-state index in [9.17, 15) is 4.79 Å². The Labute approximate surface area is 129 Å². The van der Waals surface area contributed by atoms with Crippen LogP contribution in [0.2, 0.25) is 0 Å². The van der Waals surface area contributed by atoms with Crippen molar-refractivity contribution in [3.63, 3.8) is 0 Å². The molecule has 0 aromatic heterocycles. The number of carbonyl (C=O) groups excluding carboxylic acids is 1. The Morgan fingerprint density at radius 3 is 2.52 bits per heavy atom. The maximum absolute atomic E-state index is 11.6. The first-order chi connectivity index (χ1) is 10.3. The van der Waals surface area contributed by atoms with Crippen molar-refractivity contribution in [2.45, 2.75) is 11.5 Å². The summed E-state index contributed by atoms with van der Waals surface area (Å²) in [5.74, 6) is -0.335. The molecule has 0 saturated heterocycles. The van der Waals surface area contributed by atoms with Crippen LogP contribution in [0.5, 0.6) is 0 Å². The van der Waals surface area contributed by atoms with Crippen LogP contribution in [0.15, 0.2) is 71.0 Å². The van der Waals surface area contributed by atoms with Gasteiger partial charge in [0.15, 0.2) is 0 Å². The molecular formula is C17H17NO2S. The zero-order valence-electron chi connectivity index (χ0n) is 11.8. The highest BCUT2D eigenvalue weighted by molar-refractivity contribution is 8.02. The van der Waals surface area contributed by atoms with Crippen LogP contribution >= 0.6 is 11.8 Å². The van der Waals surface area contributed by atoms with E-state index in [4.69, 9.17) is 4.74 Å². The number of esters is 1. The lowest BCUT2D eigenvalue weighted by atomic mass is 10.2. The highest BCUT2D eigenvalue weighted by Crippen LogP contribution is 2.21. The first-order valence-corrected chi connectivity index (χ1v) is 7.47. The van der Waals surface area contributed by atoms with Crippen molar-refractivity contribution in [3.05, 3.63) is 71.6 Å². The van der Waals surface area contributed by atoms with Gasteiger partial charge in [0.05, 0.1) is 0 Å². The van der Waals surface area contributed by atoms with Crippen molar-refractivity contribution in [1.29, 1.82) is 0 Å². The maximum Gasteiger partial charge on any atom is 0.331 e. The van der Waals surface area contributed by atoms with Crippen molar-refractivity contribution >= 4 is 23.4 Å². The van der Waals surface area contributed by atoms with E-state index >= 15 is 0 Å². The summed E-state index contributed by atoms with van der Waals surface area (Å²) in [5, 5.41) is 4.80. The number of nitrogens with one attached hydrogen (secondary N) is 1. The topological polar surface area (TPSA) is 38.3 Å². The van der Waals surface area contributed by atoms with Gasteiger partial charge in [-0.2, -0.15) is 0 Å². The van der Waals surface area contributed by atoms with E-state index in [2.05, 4.69) is 5.32 Å². The van der Waals surface area contributed by atoms with Gasteiger partial charge in [-0.3, -0.25) is 0 Å². The summed E-state index contributed by atoms with van der Waals surface area (Å²) in [6.45, 7) is 0.297. The molecule has 0 saturated carbocycles. The standard InChI is InChI=1S/C17H17NO2S/c1-18-15-7-9-16(10-8-15)21-12-11-17(19)20-13-14-5-3-2-4-6-14/h2-12,18H,13H2,1H3/b12-11+. The quantitative estimate of drug-likeness (QED) is 0.495. The number of hydrogen-bond acceptors (Lipinski definition) is 4. The van der Waals surface area contributed by atoms with Gasteiger partial charge in [0.25, 0.3) is 0 Å². The van der Waals surface area contributed by atoms with Crippen LogP contribution < -0.4 is 5.32 Å². The van der Waals surface area contributed by atoms with Gasteiger partial charge in [-0.15, -0.1) is 0 Å². The van der Waals surface area contributed by atoms with Gasteiger partial charge in [-0.25, -0.2) is 4.79 Å². The lowest BCUT2D eigenvalue weighted by Crippen LogP contribution is -2.00. The van der Waals surface area contributed by atoms with E-state index in [1.54, 1.807) is 5.41 Å². The maximum atomic E-state index is 11.6. The predicted octanol–water partition coefficient (Wildman–Crippen LogP) is 4.08. The molecule has 2 aromatic rings. The molecule has 0 heterocycles. The number of thioether (sulfide) groups is 1. The van der Waals surface area contributed by atoms with Gasteiger partial charge in [-0.05, 0) is 35.2 Å². The summed E-state index contributed by atoms with van der Waals surface area (Å²) in [7, 11) is 1.88. The van der Waals surface area contributed by atoms with Crippen molar-refractivity contribution in [1.82, 2.24) is 0 Å². The number of rotatable bonds is 6. The normalized spacial score (nSPS) is 10.5. The molecule has 2 rings (SSSR count). The molecule has 0 aliphatic rings. The number of anilines is 1. The Kier molecular flexibility index (Phi) is 5.91. The number of hydrogen-bond donors (Lipinski definition) is 1. The molecule has 2 aromatic carbocycles. The highest BCUT2D eigenvalue weighted by Gasteiger charge is 1.98. The third kappa shape index (κ3) is 5.36. The summed E-state index contributed by atoms with van der Waals surface area (Å²) >= 11 is 1.48. The lowest BCUT2D eigenvalue weighted by Gasteiger charge is -2.02. The van der Waals surface area contributed by atoms with Crippen molar-refractivity contribution in [3.8, 4) is 0 Å². The average molecular weight is 299 g/mol. The Hall–Kier alpha value is -2.20. The zero-order chi connectivity index (χ0) is 14.9. The van der Waals surface area contributed by atoms with Crippen LogP contribution in [0, 0.1) is 0 Å². The largest absolute Gasteiger partial charge is 0.458 e. The van der Waals surface area contributed by atoms with Crippen LogP contribution in [0.4, 0.5) is 5.69 Å². The summed E-state index contributed by atoms with van der Waals surface area (Å²) in [5.41, 5.74) is 2.04. The molecule has 0 unspecified atom stereocenters. The van der Waals surface area contributed by atoms with Gasteiger partial charge in [0, 0.05) is 23.7 Å². The minimum Gasteiger partial charge on any atom is -0.458 e. The number of carbonyl (C=O) groups is 1. The Morgan fingerprint density at radius 2 is 1.86 bits per heavy atom. The molecule has 21 heavy (non-hydrogen) atoms. The minimum atomic E-state index is -0.335. The summed E-state index contributed by atoms with van der Waals surface area (Å²) in [6.07, 6.45) is 1.44. The fraction of sp³-hybridized carbons (Fsp3) is 0.118. The fourth-order valence-corrected chi connectivity index (χ4v) is 2.27. The van der Waals surface area contributed by atoms with Crippen LogP contribution in [-0.2, 0) is 16.1 Å². The number of ether oxygens (including phenoxy) is 1. The smallest absolute Gasteiger partial charge is 0.331 e. The molecule has 0 aliphatic carbocycles. The van der Waals surface area contributed by atoms with E-state index in [0.717, 1.165) is 16.1 Å². The molecule has 4 heteroatoms. The predicted molar refractivity (Wildman–Crippen MR) is 87.2 cm³/mol. The number of benzene rings is 2. The first-order valence-electron chi connectivity index (χ1n) is 6.59. The van der Waals surface area contributed by atoms with Gasteiger partial charge >= 0.3 is 5.97 Å². The van der Waals surface area contributed by atoms with E-state index in [1.807, 2.05) is 61.6 Å². The van der Waals surface area contributed by atoms with Gasteiger partial charge in [-0.1, -0.05) is 42.1 Å². The summed E-state index contributed by atoms with van der Waals surface area (Å²) in [4.78, 5) is 12.6. The second-order valence-corrected chi connectivity index (χ2v) is 5.27. The monoisotopic (exact) mass is 299 g/mol. The van der Waals surface area contributed by atoms with Crippen LogP contribution in [0.25, 0.3) is 0 Å². The molecule has 0 atom stereocenters. The van der Waals surface area contributed by atoms with Crippen LogP contribution in [-0.4, -0.2) is 13.0 Å². The lowest BCUT2D eigenvalue weighted by molar-refractivity contribution is -0.138.